The van der Waals surface area contributed by atoms with E-state index in [-0.39, 0.29) is 18.3 Å². The molecule has 152 valence electrons. The fourth-order valence-electron chi connectivity index (χ4n) is 2.82. The molecule has 12 nitrogen and oxygen atoms in total. The number of hydrogen-bond acceptors (Lipinski definition) is 11. The van der Waals surface area contributed by atoms with E-state index < -0.39 is 48.1 Å². The highest BCUT2D eigenvalue weighted by molar-refractivity contribution is 6.30. The maximum atomic E-state index is 12.2. The molecule has 2 unspecified atom stereocenters. The molecule has 2 saturated heterocycles. The molecule has 2 N–H and O–H groups in total. The van der Waals surface area contributed by atoms with Gasteiger partial charge in [0.15, 0.2) is 24.3 Å². The second kappa shape index (κ2) is 7.94. The van der Waals surface area contributed by atoms with Gasteiger partial charge in [0.25, 0.3) is 0 Å². The number of rotatable bonds is 6. The Kier molecular flexibility index (Phi) is 5.61. The lowest BCUT2D eigenvalue weighted by Gasteiger charge is -2.28. The number of anilines is 1. The predicted molar refractivity (Wildman–Crippen MR) is 88.0 cm³/mol. The first-order valence-electron chi connectivity index (χ1n) is 8.58. The lowest BCUT2D eigenvalue weighted by atomic mass is 10.1. The summed E-state index contributed by atoms with van der Waals surface area (Å²) in [5.74, 6) is -3.30. The molecule has 0 bridgehead atoms. The molecule has 3 heterocycles. The van der Waals surface area contributed by atoms with E-state index in [1.165, 1.54) is 12.3 Å². The van der Waals surface area contributed by atoms with Gasteiger partial charge in [-0.15, -0.1) is 0 Å². The van der Waals surface area contributed by atoms with Crippen molar-refractivity contribution in [3.05, 3.63) is 22.7 Å². The third-order valence-corrected chi connectivity index (χ3v) is 4.56. The number of carbonyl (C=O) groups excluding carboxylic acids is 3. The summed E-state index contributed by atoms with van der Waals surface area (Å²) in [5.41, 5.74) is 0.923. The van der Waals surface area contributed by atoms with Gasteiger partial charge in [0.1, 0.15) is 12.7 Å². The van der Waals surface area contributed by atoms with Crippen LogP contribution in [0.5, 0.6) is 0 Å². The summed E-state index contributed by atoms with van der Waals surface area (Å²) in [6.07, 6.45) is -2.48. The minimum Gasteiger partial charge on any atom is -0.463 e. The van der Waals surface area contributed by atoms with Crippen molar-refractivity contribution in [2.24, 2.45) is 5.92 Å². The van der Waals surface area contributed by atoms with Crippen LogP contribution < -0.4 is 11.2 Å². The predicted octanol–water partition coefficient (Wildman–Crippen LogP) is -0.632. The molecule has 2 aliphatic heterocycles. The average Bonchev–Trinajstić information content (AvgIpc) is 3.02. The third-order valence-electron chi connectivity index (χ3n) is 4.56. The smallest absolute Gasteiger partial charge is 0.418 e. The van der Waals surface area contributed by atoms with Gasteiger partial charge in [0, 0.05) is 6.20 Å². The number of fused-ring (bicyclic) bond motifs is 1. The molecule has 0 radical (unpaired) electrons. The fourth-order valence-corrected chi connectivity index (χ4v) is 2.82. The van der Waals surface area contributed by atoms with Crippen molar-refractivity contribution < 1.29 is 38.5 Å². The van der Waals surface area contributed by atoms with Crippen LogP contribution in [0, 0.1) is 5.92 Å². The number of carbonyl (C=O) groups is 3. The SMILES string of the molecule is CC[C@@H](C)C(=O)OC[C@H]1O[C@@H](n2ccc(NO)nc2=O)C2OC(=O)C(=O)OC21. The summed E-state index contributed by atoms with van der Waals surface area (Å²) >= 11 is 0. The highest BCUT2D eigenvalue weighted by Gasteiger charge is 2.55. The number of hydrogen-bond donors (Lipinski definition) is 2. The zero-order valence-electron chi connectivity index (χ0n) is 15.1. The van der Waals surface area contributed by atoms with Crippen LogP contribution >= 0.6 is 0 Å². The lowest BCUT2D eigenvalue weighted by molar-refractivity contribution is -0.195. The molecule has 12 heteroatoms. The zero-order chi connectivity index (χ0) is 20.4. The molecule has 3 rings (SSSR count). The highest BCUT2D eigenvalue weighted by Crippen LogP contribution is 2.35. The van der Waals surface area contributed by atoms with E-state index in [4.69, 9.17) is 24.2 Å². The Morgan fingerprint density at radius 1 is 1.32 bits per heavy atom. The number of nitrogens with one attached hydrogen (secondary N) is 1. The van der Waals surface area contributed by atoms with Crippen LogP contribution in [0.1, 0.15) is 26.5 Å². The van der Waals surface area contributed by atoms with Crippen LogP contribution in [0.3, 0.4) is 0 Å². The van der Waals surface area contributed by atoms with Crippen LogP contribution in [0.15, 0.2) is 17.1 Å². The molecule has 2 fully saturated rings. The van der Waals surface area contributed by atoms with Crippen molar-refractivity contribution in [3.63, 3.8) is 0 Å². The van der Waals surface area contributed by atoms with E-state index in [9.17, 15) is 19.2 Å². The van der Waals surface area contributed by atoms with Crippen molar-refractivity contribution in [3.8, 4) is 0 Å². The molecule has 28 heavy (non-hydrogen) atoms. The molecule has 0 amide bonds. The van der Waals surface area contributed by atoms with E-state index in [0.717, 1.165) is 4.57 Å². The lowest BCUT2D eigenvalue weighted by Crippen LogP contribution is -2.49. The van der Waals surface area contributed by atoms with Crippen LogP contribution in [0.2, 0.25) is 0 Å². The number of ether oxygens (including phenoxy) is 4. The Hall–Kier alpha value is -2.99. The molecule has 1 aromatic heterocycles. The average molecular weight is 397 g/mol. The molecule has 5 atom stereocenters. The van der Waals surface area contributed by atoms with Gasteiger partial charge in [-0.1, -0.05) is 13.8 Å². The van der Waals surface area contributed by atoms with Gasteiger partial charge in [-0.2, -0.15) is 4.98 Å². The minimum absolute atomic E-state index is 0.0955. The first kappa shape index (κ1) is 19.8. The molecule has 0 aliphatic carbocycles. The van der Waals surface area contributed by atoms with Gasteiger partial charge in [-0.05, 0) is 12.5 Å². The Morgan fingerprint density at radius 2 is 2.00 bits per heavy atom. The summed E-state index contributed by atoms with van der Waals surface area (Å²) in [4.78, 5) is 50.9. The largest absolute Gasteiger partial charge is 0.463 e. The monoisotopic (exact) mass is 397 g/mol. The standard InChI is InChI=1S/C16H19N3O9/c1-3-7(2)13(20)25-6-8-10-11(28-15(22)14(21)27-10)12(26-8)19-5-4-9(18-24)17-16(19)23/h4-5,7-8,10-12,24H,3,6H2,1-2H3,(H,17,18,23)/t7-,8-,10?,11?,12-/m1/s1. The number of aromatic nitrogens is 2. The Balaban J connectivity index is 1.83. The number of nitrogens with zero attached hydrogens (tertiary/aromatic N) is 2. The van der Waals surface area contributed by atoms with Crippen molar-refractivity contribution in [2.75, 3.05) is 12.1 Å². The Bertz CT molecular complexity index is 839. The van der Waals surface area contributed by atoms with E-state index in [1.54, 1.807) is 12.4 Å². The Morgan fingerprint density at radius 3 is 2.61 bits per heavy atom. The summed E-state index contributed by atoms with van der Waals surface area (Å²) in [6, 6.07) is 1.28. The molecular weight excluding hydrogens is 378 g/mol. The Labute approximate surface area is 158 Å². The maximum absolute atomic E-state index is 12.2. The van der Waals surface area contributed by atoms with Gasteiger partial charge in [-0.25, -0.2) is 14.4 Å². The van der Waals surface area contributed by atoms with E-state index in [2.05, 4.69) is 4.98 Å². The molecule has 1 aromatic rings. The molecule has 0 spiro atoms. The van der Waals surface area contributed by atoms with E-state index in [1.807, 2.05) is 6.92 Å². The van der Waals surface area contributed by atoms with E-state index in [0.29, 0.717) is 6.42 Å². The molecule has 0 aromatic carbocycles. The second-order valence-electron chi connectivity index (χ2n) is 6.36. The number of esters is 3. The van der Waals surface area contributed by atoms with Gasteiger partial charge >= 0.3 is 23.6 Å². The van der Waals surface area contributed by atoms with Crippen molar-refractivity contribution in [1.29, 1.82) is 0 Å². The van der Waals surface area contributed by atoms with E-state index >= 15 is 0 Å². The fraction of sp³-hybridized carbons (Fsp3) is 0.562. The second-order valence-corrected chi connectivity index (χ2v) is 6.36. The first-order chi connectivity index (χ1) is 13.3. The molecule has 0 saturated carbocycles. The van der Waals surface area contributed by atoms with Crippen molar-refractivity contribution in [1.82, 2.24) is 9.55 Å². The van der Waals surface area contributed by atoms with Crippen LogP contribution in [-0.2, 0) is 33.3 Å². The molecular formula is C16H19N3O9. The normalized spacial score (nSPS) is 27.4. The van der Waals surface area contributed by atoms with Crippen LogP contribution in [0.4, 0.5) is 5.82 Å². The zero-order valence-corrected chi connectivity index (χ0v) is 15.1. The highest BCUT2D eigenvalue weighted by atomic mass is 16.7. The summed E-state index contributed by atoms with van der Waals surface area (Å²) in [6.45, 7) is 3.27. The quantitative estimate of drug-likeness (QED) is 0.273. The summed E-state index contributed by atoms with van der Waals surface area (Å²) in [5, 5.41) is 8.83. The van der Waals surface area contributed by atoms with Crippen LogP contribution in [-0.4, -0.2) is 57.6 Å². The maximum Gasteiger partial charge on any atom is 0.418 e. The topological polar surface area (TPSA) is 155 Å². The first-order valence-corrected chi connectivity index (χ1v) is 8.58. The van der Waals surface area contributed by atoms with Gasteiger partial charge in [-0.3, -0.25) is 20.0 Å². The summed E-state index contributed by atoms with van der Waals surface area (Å²) in [7, 11) is 0. The third kappa shape index (κ3) is 3.68. The summed E-state index contributed by atoms with van der Waals surface area (Å²) < 4.78 is 22.1. The van der Waals surface area contributed by atoms with Gasteiger partial charge in [0.2, 0.25) is 0 Å². The van der Waals surface area contributed by atoms with Crippen molar-refractivity contribution in [2.45, 2.75) is 44.8 Å². The molecule has 2 aliphatic rings. The van der Waals surface area contributed by atoms with Gasteiger partial charge in [0.05, 0.1) is 5.92 Å². The minimum atomic E-state index is -1.22. The van der Waals surface area contributed by atoms with Crippen LogP contribution in [0.25, 0.3) is 0 Å². The van der Waals surface area contributed by atoms with Gasteiger partial charge < -0.3 is 18.9 Å². The van der Waals surface area contributed by atoms with Crippen molar-refractivity contribution >= 4 is 23.7 Å².